The quantitative estimate of drug-likeness (QED) is 0.717. The van der Waals surface area contributed by atoms with Crippen LogP contribution in [-0.4, -0.2) is 23.3 Å². The number of aromatic nitrogens is 1. The Morgan fingerprint density at radius 3 is 2.65 bits per heavy atom. The molecule has 6 heteroatoms. The van der Waals surface area contributed by atoms with Crippen molar-refractivity contribution in [1.82, 2.24) is 10.3 Å². The van der Waals surface area contributed by atoms with Crippen molar-refractivity contribution in [3.8, 4) is 0 Å². The molecule has 0 aliphatic carbocycles. The van der Waals surface area contributed by atoms with E-state index in [0.717, 1.165) is 16.6 Å². The fraction of sp³-hybridized carbons (Fsp3) is 0.150. The summed E-state index contributed by atoms with van der Waals surface area (Å²) in [6.07, 6.45) is 0.723. The lowest BCUT2D eigenvalue weighted by atomic mass is 10.1. The maximum atomic E-state index is 13.1. The number of fused-ring (bicyclic) bond motifs is 1. The van der Waals surface area contributed by atoms with E-state index >= 15 is 0 Å². The lowest BCUT2D eigenvalue weighted by molar-refractivity contribution is -0.124. The zero-order valence-corrected chi connectivity index (χ0v) is 14.0. The van der Waals surface area contributed by atoms with Crippen molar-refractivity contribution >= 4 is 28.4 Å². The predicted molar refractivity (Wildman–Crippen MR) is 98.1 cm³/mol. The maximum absolute atomic E-state index is 13.1. The van der Waals surface area contributed by atoms with E-state index in [0.29, 0.717) is 12.1 Å². The van der Waals surface area contributed by atoms with Crippen LogP contribution in [0, 0.1) is 5.82 Å². The van der Waals surface area contributed by atoms with Crippen LogP contribution in [0.5, 0.6) is 0 Å². The van der Waals surface area contributed by atoms with Gasteiger partial charge in [0.05, 0.1) is 12.1 Å². The number of benzene rings is 2. The number of rotatable bonds is 6. The lowest BCUT2D eigenvalue weighted by Crippen LogP contribution is -2.33. The summed E-state index contributed by atoms with van der Waals surface area (Å²) in [6, 6.07) is 17.2. The van der Waals surface area contributed by atoms with Gasteiger partial charge in [-0.05, 0) is 36.8 Å². The Labute approximate surface area is 150 Å². The van der Waals surface area contributed by atoms with Crippen molar-refractivity contribution < 1.29 is 14.0 Å². The van der Waals surface area contributed by atoms with Gasteiger partial charge in [0.2, 0.25) is 11.8 Å². The van der Waals surface area contributed by atoms with Gasteiger partial charge in [-0.2, -0.15) is 0 Å². The van der Waals surface area contributed by atoms with Crippen LogP contribution in [0.4, 0.5) is 10.1 Å². The topological polar surface area (TPSA) is 71.1 Å². The van der Waals surface area contributed by atoms with Crippen molar-refractivity contribution in [2.24, 2.45) is 0 Å². The zero-order valence-electron chi connectivity index (χ0n) is 14.0. The molecule has 3 aromatic rings. The number of carbonyl (C=O) groups excluding carboxylic acids is 2. The third-order valence-corrected chi connectivity index (χ3v) is 3.82. The number of aryl methyl sites for hydroxylation is 1. The Bertz CT molecular complexity index is 943. The highest BCUT2D eigenvalue weighted by molar-refractivity contribution is 5.94. The standard InChI is InChI=1S/C20H18FN3O2/c21-15-5-3-6-17(12-15)24-20(26)13-22-19(25)11-10-16-9-8-14-4-1-2-7-18(14)23-16/h1-9,12H,10-11,13H2,(H,22,25)(H,24,26). The number of halogens is 1. The number of anilines is 1. The summed E-state index contributed by atoms with van der Waals surface area (Å²) in [5, 5.41) is 6.13. The summed E-state index contributed by atoms with van der Waals surface area (Å²) in [7, 11) is 0. The number of hydrogen-bond donors (Lipinski definition) is 2. The van der Waals surface area contributed by atoms with Crippen LogP contribution in [0.2, 0.25) is 0 Å². The van der Waals surface area contributed by atoms with Gasteiger partial charge in [-0.15, -0.1) is 0 Å². The van der Waals surface area contributed by atoms with Gasteiger partial charge in [0.15, 0.2) is 0 Å². The molecule has 132 valence electrons. The van der Waals surface area contributed by atoms with E-state index in [-0.39, 0.29) is 18.9 Å². The average Bonchev–Trinajstić information content (AvgIpc) is 2.64. The predicted octanol–water partition coefficient (Wildman–Crippen LogP) is 3.06. The molecular weight excluding hydrogens is 333 g/mol. The van der Waals surface area contributed by atoms with E-state index in [1.54, 1.807) is 6.07 Å². The van der Waals surface area contributed by atoms with Crippen molar-refractivity contribution in [1.29, 1.82) is 0 Å². The minimum absolute atomic E-state index is 0.166. The number of nitrogens with zero attached hydrogens (tertiary/aromatic N) is 1. The van der Waals surface area contributed by atoms with E-state index in [4.69, 9.17) is 0 Å². The van der Waals surface area contributed by atoms with Gasteiger partial charge >= 0.3 is 0 Å². The van der Waals surface area contributed by atoms with Crippen LogP contribution in [0.15, 0.2) is 60.7 Å². The number of carbonyl (C=O) groups is 2. The smallest absolute Gasteiger partial charge is 0.243 e. The summed E-state index contributed by atoms with van der Waals surface area (Å²) >= 11 is 0. The molecule has 3 rings (SSSR count). The molecule has 0 bridgehead atoms. The zero-order chi connectivity index (χ0) is 18.4. The van der Waals surface area contributed by atoms with Crippen LogP contribution in [0.1, 0.15) is 12.1 Å². The maximum Gasteiger partial charge on any atom is 0.243 e. The van der Waals surface area contributed by atoms with Crippen molar-refractivity contribution in [2.45, 2.75) is 12.8 Å². The van der Waals surface area contributed by atoms with Crippen LogP contribution in [-0.2, 0) is 16.0 Å². The minimum Gasteiger partial charge on any atom is -0.347 e. The second-order valence-electron chi connectivity index (χ2n) is 5.83. The van der Waals surface area contributed by atoms with Gasteiger partial charge in [-0.1, -0.05) is 30.3 Å². The van der Waals surface area contributed by atoms with Gasteiger partial charge in [-0.3, -0.25) is 14.6 Å². The first-order valence-electron chi connectivity index (χ1n) is 8.27. The van der Waals surface area contributed by atoms with Crippen LogP contribution < -0.4 is 10.6 Å². The summed E-state index contributed by atoms with van der Waals surface area (Å²) in [5.41, 5.74) is 2.06. The van der Waals surface area contributed by atoms with E-state index in [1.807, 2.05) is 36.4 Å². The Hall–Kier alpha value is -3.28. The summed E-state index contributed by atoms with van der Waals surface area (Å²) in [6.45, 7) is -0.166. The summed E-state index contributed by atoms with van der Waals surface area (Å²) in [4.78, 5) is 28.2. The molecule has 2 amide bonds. The molecule has 1 aromatic heterocycles. The first kappa shape index (κ1) is 17.5. The molecule has 0 unspecified atom stereocenters. The molecule has 0 aliphatic rings. The molecule has 5 nitrogen and oxygen atoms in total. The van der Waals surface area contributed by atoms with Gasteiger partial charge in [0.25, 0.3) is 0 Å². The summed E-state index contributed by atoms with van der Waals surface area (Å²) < 4.78 is 13.1. The number of nitrogens with one attached hydrogen (secondary N) is 2. The van der Waals surface area contributed by atoms with Gasteiger partial charge in [0, 0.05) is 23.2 Å². The van der Waals surface area contributed by atoms with Gasteiger partial charge < -0.3 is 10.6 Å². The van der Waals surface area contributed by atoms with E-state index in [9.17, 15) is 14.0 Å². The second kappa shape index (κ2) is 8.20. The van der Waals surface area contributed by atoms with Gasteiger partial charge in [0.1, 0.15) is 5.82 Å². The lowest BCUT2D eigenvalue weighted by Gasteiger charge is -2.07. The molecule has 0 atom stereocenters. The number of para-hydroxylation sites is 1. The van der Waals surface area contributed by atoms with Crippen molar-refractivity contribution in [2.75, 3.05) is 11.9 Å². The molecule has 0 spiro atoms. The molecule has 1 heterocycles. The fourth-order valence-electron chi connectivity index (χ4n) is 2.53. The monoisotopic (exact) mass is 351 g/mol. The Balaban J connectivity index is 1.45. The highest BCUT2D eigenvalue weighted by Gasteiger charge is 2.08. The number of pyridine rings is 1. The third-order valence-electron chi connectivity index (χ3n) is 3.82. The van der Waals surface area contributed by atoms with E-state index < -0.39 is 11.7 Å². The van der Waals surface area contributed by atoms with Crippen LogP contribution in [0.3, 0.4) is 0 Å². The van der Waals surface area contributed by atoms with E-state index in [1.165, 1.54) is 18.2 Å². The Kier molecular flexibility index (Phi) is 5.53. The van der Waals surface area contributed by atoms with Crippen molar-refractivity contribution in [3.63, 3.8) is 0 Å². The van der Waals surface area contributed by atoms with E-state index in [2.05, 4.69) is 15.6 Å². The van der Waals surface area contributed by atoms with Crippen LogP contribution in [0.25, 0.3) is 10.9 Å². The molecule has 0 aliphatic heterocycles. The number of amides is 2. The second-order valence-corrected chi connectivity index (χ2v) is 5.83. The normalized spacial score (nSPS) is 10.5. The first-order valence-corrected chi connectivity index (χ1v) is 8.27. The van der Waals surface area contributed by atoms with Crippen molar-refractivity contribution in [3.05, 3.63) is 72.2 Å². The molecule has 2 N–H and O–H groups in total. The largest absolute Gasteiger partial charge is 0.347 e. The molecule has 0 radical (unpaired) electrons. The third kappa shape index (κ3) is 4.86. The molecule has 26 heavy (non-hydrogen) atoms. The highest BCUT2D eigenvalue weighted by atomic mass is 19.1. The molecule has 2 aromatic carbocycles. The molecule has 0 fully saturated rings. The first-order chi connectivity index (χ1) is 12.6. The highest BCUT2D eigenvalue weighted by Crippen LogP contribution is 2.12. The van der Waals surface area contributed by atoms with Crippen LogP contribution >= 0.6 is 0 Å². The van der Waals surface area contributed by atoms with Gasteiger partial charge in [-0.25, -0.2) is 4.39 Å². The summed E-state index contributed by atoms with van der Waals surface area (Å²) in [5.74, 6) is -1.09. The fourth-order valence-corrected chi connectivity index (χ4v) is 2.53. The molecule has 0 saturated heterocycles. The Morgan fingerprint density at radius 2 is 1.81 bits per heavy atom. The molecular formula is C20H18FN3O2. The Morgan fingerprint density at radius 1 is 0.962 bits per heavy atom. The minimum atomic E-state index is -0.435. The SMILES string of the molecule is O=C(CCc1ccc2ccccc2n1)NCC(=O)Nc1cccc(F)c1. The average molecular weight is 351 g/mol. The molecule has 0 saturated carbocycles. The number of hydrogen-bond acceptors (Lipinski definition) is 3.